The highest BCUT2D eigenvalue weighted by Crippen LogP contribution is 2.32. The Balaban J connectivity index is 1.52. The van der Waals surface area contributed by atoms with Crippen LogP contribution in [0.1, 0.15) is 11.1 Å². The van der Waals surface area contributed by atoms with Gasteiger partial charge in [0.2, 0.25) is 0 Å². The topological polar surface area (TPSA) is 68.5 Å². The van der Waals surface area contributed by atoms with Crippen LogP contribution >= 0.6 is 11.8 Å². The molecule has 1 aliphatic heterocycles. The van der Waals surface area contributed by atoms with E-state index in [1.54, 1.807) is 7.11 Å². The summed E-state index contributed by atoms with van der Waals surface area (Å²) < 4.78 is 7.12. The molecular formula is C27H22N4O2S. The maximum Gasteiger partial charge on any atom is 0.264 e. The van der Waals surface area contributed by atoms with E-state index in [9.17, 15) is 4.79 Å². The second-order valence-electron chi connectivity index (χ2n) is 7.76. The van der Waals surface area contributed by atoms with Crippen molar-refractivity contribution in [1.29, 1.82) is 0 Å². The lowest BCUT2D eigenvalue weighted by Crippen LogP contribution is -2.19. The zero-order chi connectivity index (χ0) is 23.5. The highest BCUT2D eigenvalue weighted by molar-refractivity contribution is 8.18. The van der Waals surface area contributed by atoms with Crippen LogP contribution in [0.5, 0.6) is 5.75 Å². The molecule has 7 heteroatoms. The molecular weight excluding hydrogens is 444 g/mol. The second kappa shape index (κ2) is 9.41. The largest absolute Gasteiger partial charge is 0.497 e. The van der Waals surface area contributed by atoms with E-state index in [4.69, 9.17) is 9.84 Å². The molecule has 1 saturated heterocycles. The Bertz CT molecular complexity index is 1390. The van der Waals surface area contributed by atoms with Crippen molar-refractivity contribution in [2.24, 2.45) is 4.99 Å². The maximum atomic E-state index is 12.7. The Hall–Kier alpha value is -4.10. The van der Waals surface area contributed by atoms with E-state index >= 15 is 0 Å². The van der Waals surface area contributed by atoms with Crippen molar-refractivity contribution in [1.82, 2.24) is 15.1 Å². The van der Waals surface area contributed by atoms with Crippen molar-refractivity contribution >= 4 is 34.6 Å². The van der Waals surface area contributed by atoms with Crippen LogP contribution in [0.25, 0.3) is 23.0 Å². The molecule has 3 aromatic carbocycles. The van der Waals surface area contributed by atoms with Crippen molar-refractivity contribution in [3.8, 4) is 22.7 Å². The second-order valence-corrected chi connectivity index (χ2v) is 8.79. The van der Waals surface area contributed by atoms with Crippen molar-refractivity contribution < 1.29 is 9.53 Å². The van der Waals surface area contributed by atoms with Crippen molar-refractivity contribution in [3.05, 3.63) is 101 Å². The van der Waals surface area contributed by atoms with Crippen LogP contribution < -0.4 is 10.1 Å². The Kier molecular flexibility index (Phi) is 6.01. The number of para-hydroxylation sites is 1. The zero-order valence-electron chi connectivity index (χ0n) is 18.7. The van der Waals surface area contributed by atoms with Gasteiger partial charge in [0, 0.05) is 17.3 Å². The van der Waals surface area contributed by atoms with Gasteiger partial charge in [-0.05, 0) is 73.3 Å². The number of ether oxygens (including phenoxy) is 1. The van der Waals surface area contributed by atoms with Gasteiger partial charge in [-0.15, -0.1) is 0 Å². The molecule has 5 rings (SSSR count). The molecule has 2 heterocycles. The van der Waals surface area contributed by atoms with Crippen LogP contribution in [-0.2, 0) is 4.79 Å². The van der Waals surface area contributed by atoms with Crippen molar-refractivity contribution in [2.45, 2.75) is 6.92 Å². The lowest BCUT2D eigenvalue weighted by Gasteiger charge is -2.03. The summed E-state index contributed by atoms with van der Waals surface area (Å²) in [5.41, 5.74) is 5.44. The summed E-state index contributed by atoms with van der Waals surface area (Å²) in [6, 6.07) is 25.5. The van der Waals surface area contributed by atoms with Gasteiger partial charge >= 0.3 is 0 Å². The first-order valence-corrected chi connectivity index (χ1v) is 11.6. The third-order valence-electron chi connectivity index (χ3n) is 5.33. The Morgan fingerprint density at radius 1 is 1.00 bits per heavy atom. The van der Waals surface area contributed by atoms with Gasteiger partial charge in [0.25, 0.3) is 5.91 Å². The maximum absolute atomic E-state index is 12.7. The number of amidine groups is 1. The molecule has 1 aliphatic rings. The number of benzene rings is 3. The molecule has 0 radical (unpaired) electrons. The van der Waals surface area contributed by atoms with Crippen molar-refractivity contribution in [2.75, 3.05) is 7.11 Å². The van der Waals surface area contributed by atoms with Gasteiger partial charge in [0.15, 0.2) is 5.17 Å². The van der Waals surface area contributed by atoms with Crippen molar-refractivity contribution in [3.63, 3.8) is 0 Å². The number of hydrogen-bond donors (Lipinski definition) is 1. The molecule has 6 nitrogen and oxygen atoms in total. The molecule has 0 aliphatic carbocycles. The van der Waals surface area contributed by atoms with Gasteiger partial charge in [0.1, 0.15) is 5.75 Å². The van der Waals surface area contributed by atoms with E-state index in [2.05, 4.69) is 10.3 Å². The molecule has 1 N–H and O–H groups in total. The highest BCUT2D eigenvalue weighted by atomic mass is 32.2. The summed E-state index contributed by atoms with van der Waals surface area (Å²) in [6.07, 6.45) is 3.80. The predicted octanol–water partition coefficient (Wildman–Crippen LogP) is 5.75. The summed E-state index contributed by atoms with van der Waals surface area (Å²) in [7, 11) is 1.64. The van der Waals surface area contributed by atoms with Gasteiger partial charge in [0.05, 0.1) is 29.1 Å². The Morgan fingerprint density at radius 2 is 1.74 bits per heavy atom. The Labute approximate surface area is 202 Å². The van der Waals surface area contributed by atoms with E-state index < -0.39 is 0 Å². The fourth-order valence-electron chi connectivity index (χ4n) is 3.54. The van der Waals surface area contributed by atoms with Gasteiger partial charge in [-0.1, -0.05) is 35.9 Å². The first-order valence-electron chi connectivity index (χ1n) is 10.7. The van der Waals surface area contributed by atoms with Crippen LogP contribution in [0, 0.1) is 6.92 Å². The summed E-state index contributed by atoms with van der Waals surface area (Å²) in [5, 5.41) is 8.25. The number of aryl methyl sites for hydroxylation is 1. The number of rotatable bonds is 5. The average Bonchev–Trinajstić information content (AvgIpc) is 3.44. The molecule has 0 saturated carbocycles. The van der Waals surface area contributed by atoms with E-state index in [1.807, 2.05) is 103 Å². The summed E-state index contributed by atoms with van der Waals surface area (Å²) in [5.74, 6) is 0.595. The minimum absolute atomic E-state index is 0.177. The molecule has 0 unspecified atom stereocenters. The first kappa shape index (κ1) is 21.7. The SMILES string of the molecule is COc1ccc(-c2nn(-c3ccccc3)cc2/C=C2\SC(=Nc3ccc(C)cc3)NC2=O)cc1. The number of methoxy groups -OCH3 is 1. The molecule has 34 heavy (non-hydrogen) atoms. The minimum Gasteiger partial charge on any atom is -0.497 e. The fourth-order valence-corrected chi connectivity index (χ4v) is 4.37. The number of amides is 1. The van der Waals surface area contributed by atoms with E-state index in [0.29, 0.717) is 10.1 Å². The number of hydrogen-bond acceptors (Lipinski definition) is 5. The van der Waals surface area contributed by atoms with Crippen LogP contribution in [0.3, 0.4) is 0 Å². The number of nitrogens with zero attached hydrogens (tertiary/aromatic N) is 3. The van der Waals surface area contributed by atoms with E-state index in [0.717, 1.165) is 39.5 Å². The van der Waals surface area contributed by atoms with E-state index in [-0.39, 0.29) is 5.91 Å². The molecule has 1 fully saturated rings. The summed E-state index contributed by atoms with van der Waals surface area (Å²) in [4.78, 5) is 17.8. The van der Waals surface area contributed by atoms with Crippen LogP contribution in [0.15, 0.2) is 95.0 Å². The van der Waals surface area contributed by atoms with Crippen LogP contribution in [-0.4, -0.2) is 28.0 Å². The molecule has 4 aromatic rings. The quantitative estimate of drug-likeness (QED) is 0.381. The fraction of sp³-hybridized carbons (Fsp3) is 0.0741. The smallest absolute Gasteiger partial charge is 0.264 e. The molecule has 1 aromatic heterocycles. The van der Waals surface area contributed by atoms with Gasteiger partial charge in [-0.2, -0.15) is 5.10 Å². The zero-order valence-corrected chi connectivity index (χ0v) is 19.5. The number of thioether (sulfide) groups is 1. The van der Waals surface area contributed by atoms with Crippen LogP contribution in [0.4, 0.5) is 5.69 Å². The normalized spacial score (nSPS) is 15.6. The lowest BCUT2D eigenvalue weighted by molar-refractivity contribution is -0.115. The highest BCUT2D eigenvalue weighted by Gasteiger charge is 2.25. The first-order chi connectivity index (χ1) is 16.6. The molecule has 0 bridgehead atoms. The summed E-state index contributed by atoms with van der Waals surface area (Å²) >= 11 is 1.32. The predicted molar refractivity (Wildman–Crippen MR) is 138 cm³/mol. The molecule has 1 amide bonds. The average molecular weight is 467 g/mol. The third-order valence-corrected chi connectivity index (χ3v) is 6.24. The van der Waals surface area contributed by atoms with Gasteiger partial charge in [-0.3, -0.25) is 4.79 Å². The number of aliphatic imine (C=N–C) groups is 1. The minimum atomic E-state index is -0.177. The number of carbonyl (C=O) groups excluding carboxylic acids is 1. The number of aromatic nitrogens is 2. The van der Waals surface area contributed by atoms with Gasteiger partial charge in [-0.25, -0.2) is 9.67 Å². The number of carbonyl (C=O) groups is 1. The van der Waals surface area contributed by atoms with Gasteiger partial charge < -0.3 is 10.1 Å². The lowest BCUT2D eigenvalue weighted by atomic mass is 10.1. The standard InChI is InChI=1S/C27H22N4O2S/c1-18-8-12-21(13-9-18)28-27-29-26(32)24(34-27)16-20-17-31(22-6-4-3-5-7-22)30-25(20)19-10-14-23(33-2)15-11-19/h3-17H,1-2H3,(H,28,29,32)/b24-16-. The Morgan fingerprint density at radius 3 is 2.44 bits per heavy atom. The summed E-state index contributed by atoms with van der Waals surface area (Å²) in [6.45, 7) is 2.03. The molecule has 168 valence electrons. The van der Waals surface area contributed by atoms with Crippen LogP contribution in [0.2, 0.25) is 0 Å². The third kappa shape index (κ3) is 4.65. The monoisotopic (exact) mass is 466 g/mol. The molecule has 0 spiro atoms. The number of nitrogens with one attached hydrogen (secondary N) is 1. The molecule has 0 atom stereocenters. The van der Waals surface area contributed by atoms with E-state index in [1.165, 1.54) is 11.8 Å².